The molecule has 0 bridgehead atoms. The van der Waals surface area contributed by atoms with Crippen molar-refractivity contribution in [3.8, 4) is 12.3 Å². The van der Waals surface area contributed by atoms with Gasteiger partial charge in [-0.3, -0.25) is 9.59 Å². The number of fused-ring (bicyclic) bond motifs is 1. The summed E-state index contributed by atoms with van der Waals surface area (Å²) in [4.78, 5) is 38.0. The van der Waals surface area contributed by atoms with E-state index in [2.05, 4.69) is 5.92 Å². The van der Waals surface area contributed by atoms with Crippen LogP contribution in [0.1, 0.15) is 48.2 Å². The lowest BCUT2D eigenvalue weighted by Gasteiger charge is -2.25. The predicted octanol–water partition coefficient (Wildman–Crippen LogP) is 1.90. The molecule has 1 aromatic carbocycles. The Hall–Kier alpha value is -2.81. The second kappa shape index (κ2) is 8.34. The normalized spacial score (nSPS) is 13.8. The first-order valence-electron chi connectivity index (χ1n) is 8.24. The van der Waals surface area contributed by atoms with Gasteiger partial charge in [-0.15, -0.1) is 6.42 Å². The highest BCUT2D eigenvalue weighted by Gasteiger charge is 2.37. The Morgan fingerprint density at radius 3 is 2.64 bits per heavy atom. The summed E-state index contributed by atoms with van der Waals surface area (Å²) >= 11 is 0. The Kier molecular flexibility index (Phi) is 6.18. The first-order valence-corrected chi connectivity index (χ1v) is 8.24. The summed E-state index contributed by atoms with van der Waals surface area (Å²) in [5.74, 6) is 1.34. The van der Waals surface area contributed by atoms with Crippen molar-refractivity contribution < 1.29 is 23.9 Å². The topological polar surface area (TPSA) is 72.9 Å². The molecule has 1 aliphatic rings. The molecule has 1 amide bonds. The zero-order valence-electron chi connectivity index (χ0n) is 14.4. The number of benzene rings is 1. The van der Waals surface area contributed by atoms with Crippen LogP contribution in [0.3, 0.4) is 0 Å². The fourth-order valence-electron chi connectivity index (χ4n) is 2.81. The standard InChI is InChI=1S/C19H21NO5/c1-4-13-7-8-15-14(11-13)12-20(18(15)22)16(19(23)25-6-3)9-10-17(21)24-5-2/h1,7-8,11,16H,5-6,9-10,12H2,2-3H3/t16-/m0/s1. The van der Waals surface area contributed by atoms with Gasteiger partial charge in [0.25, 0.3) is 5.91 Å². The molecule has 1 aromatic rings. The van der Waals surface area contributed by atoms with E-state index < -0.39 is 18.0 Å². The number of esters is 2. The first-order chi connectivity index (χ1) is 12.0. The van der Waals surface area contributed by atoms with Gasteiger partial charge in [-0.05, 0) is 44.0 Å². The summed E-state index contributed by atoms with van der Waals surface area (Å²) in [6, 6.07) is 4.29. The molecule has 25 heavy (non-hydrogen) atoms. The Morgan fingerprint density at radius 1 is 1.28 bits per heavy atom. The fourth-order valence-corrected chi connectivity index (χ4v) is 2.81. The van der Waals surface area contributed by atoms with Crippen molar-refractivity contribution in [3.63, 3.8) is 0 Å². The van der Waals surface area contributed by atoms with Crippen molar-refractivity contribution in [2.75, 3.05) is 13.2 Å². The summed E-state index contributed by atoms with van der Waals surface area (Å²) in [6.07, 6.45) is 5.58. The molecule has 0 unspecified atom stereocenters. The molecule has 0 aliphatic carbocycles. The van der Waals surface area contributed by atoms with E-state index in [4.69, 9.17) is 15.9 Å². The van der Waals surface area contributed by atoms with Crippen LogP contribution in [0.5, 0.6) is 0 Å². The molecular formula is C19H21NO5. The van der Waals surface area contributed by atoms with E-state index in [1.807, 2.05) is 0 Å². The van der Waals surface area contributed by atoms with Gasteiger partial charge in [-0.25, -0.2) is 4.79 Å². The van der Waals surface area contributed by atoms with Crippen LogP contribution < -0.4 is 0 Å². The van der Waals surface area contributed by atoms with Crippen LogP contribution in [-0.2, 0) is 25.6 Å². The molecular weight excluding hydrogens is 322 g/mol. The molecule has 0 aromatic heterocycles. The smallest absolute Gasteiger partial charge is 0.328 e. The molecule has 0 fully saturated rings. The third kappa shape index (κ3) is 4.18. The number of amides is 1. The Morgan fingerprint density at radius 2 is 2.00 bits per heavy atom. The summed E-state index contributed by atoms with van der Waals surface area (Å²) in [5, 5.41) is 0. The van der Waals surface area contributed by atoms with E-state index in [0.29, 0.717) is 11.1 Å². The van der Waals surface area contributed by atoms with Gasteiger partial charge in [0.05, 0.1) is 13.2 Å². The van der Waals surface area contributed by atoms with Gasteiger partial charge in [0.2, 0.25) is 0 Å². The first kappa shape index (κ1) is 18.5. The molecule has 0 spiro atoms. The average Bonchev–Trinajstić information content (AvgIpc) is 2.91. The molecule has 6 heteroatoms. The quantitative estimate of drug-likeness (QED) is 0.558. The molecule has 0 N–H and O–H groups in total. The van der Waals surface area contributed by atoms with Crippen molar-refractivity contribution in [3.05, 3.63) is 34.9 Å². The summed E-state index contributed by atoms with van der Waals surface area (Å²) < 4.78 is 9.98. The van der Waals surface area contributed by atoms with Crippen molar-refractivity contribution in [2.24, 2.45) is 0 Å². The fraction of sp³-hybridized carbons (Fsp3) is 0.421. The highest BCUT2D eigenvalue weighted by Crippen LogP contribution is 2.27. The molecule has 0 saturated heterocycles. The largest absolute Gasteiger partial charge is 0.466 e. The number of carbonyl (C=O) groups excluding carboxylic acids is 3. The van der Waals surface area contributed by atoms with E-state index in [0.717, 1.165) is 5.56 Å². The molecule has 0 radical (unpaired) electrons. The molecule has 1 heterocycles. The van der Waals surface area contributed by atoms with Crippen molar-refractivity contribution in [2.45, 2.75) is 39.3 Å². The SMILES string of the molecule is C#Cc1ccc2c(c1)CN([C@@H](CCC(=O)OCC)C(=O)OCC)C2=O. The third-order valence-corrected chi connectivity index (χ3v) is 3.97. The van der Waals surface area contributed by atoms with Crippen LogP contribution in [0, 0.1) is 12.3 Å². The lowest BCUT2D eigenvalue weighted by Crippen LogP contribution is -2.42. The maximum Gasteiger partial charge on any atom is 0.328 e. The van der Waals surface area contributed by atoms with Gasteiger partial charge in [0.1, 0.15) is 6.04 Å². The van der Waals surface area contributed by atoms with Crippen molar-refractivity contribution in [1.82, 2.24) is 4.90 Å². The van der Waals surface area contributed by atoms with E-state index in [1.165, 1.54) is 4.90 Å². The highest BCUT2D eigenvalue weighted by molar-refractivity contribution is 6.00. The molecule has 0 saturated carbocycles. The van der Waals surface area contributed by atoms with Gasteiger partial charge >= 0.3 is 11.9 Å². The van der Waals surface area contributed by atoms with Crippen LogP contribution in [0.15, 0.2) is 18.2 Å². The van der Waals surface area contributed by atoms with Gasteiger partial charge in [-0.1, -0.05) is 5.92 Å². The number of hydrogen-bond acceptors (Lipinski definition) is 5. The van der Waals surface area contributed by atoms with Crippen LogP contribution in [0.25, 0.3) is 0 Å². The summed E-state index contributed by atoms with van der Waals surface area (Å²) in [6.45, 7) is 4.14. The second-order valence-electron chi connectivity index (χ2n) is 5.56. The number of rotatable bonds is 7. The second-order valence-corrected chi connectivity index (χ2v) is 5.56. The molecule has 6 nitrogen and oxygen atoms in total. The molecule has 1 aliphatic heterocycles. The Labute approximate surface area is 147 Å². The van der Waals surface area contributed by atoms with Gasteiger partial charge in [0, 0.05) is 24.1 Å². The minimum atomic E-state index is -0.835. The minimum Gasteiger partial charge on any atom is -0.466 e. The lowest BCUT2D eigenvalue weighted by atomic mass is 10.1. The molecule has 132 valence electrons. The van der Waals surface area contributed by atoms with E-state index in [1.54, 1.807) is 32.0 Å². The van der Waals surface area contributed by atoms with Crippen LogP contribution in [0.2, 0.25) is 0 Å². The van der Waals surface area contributed by atoms with Gasteiger partial charge in [0.15, 0.2) is 0 Å². The van der Waals surface area contributed by atoms with Crippen molar-refractivity contribution >= 4 is 17.8 Å². The number of ether oxygens (including phenoxy) is 2. The van der Waals surface area contributed by atoms with E-state index in [9.17, 15) is 14.4 Å². The highest BCUT2D eigenvalue weighted by atomic mass is 16.5. The lowest BCUT2D eigenvalue weighted by molar-refractivity contribution is -0.150. The molecule has 2 rings (SSSR count). The minimum absolute atomic E-state index is 0.0348. The van der Waals surface area contributed by atoms with E-state index >= 15 is 0 Å². The van der Waals surface area contributed by atoms with Gasteiger partial charge < -0.3 is 14.4 Å². The summed E-state index contributed by atoms with van der Waals surface area (Å²) in [5.41, 5.74) is 1.96. The van der Waals surface area contributed by atoms with Gasteiger partial charge in [-0.2, -0.15) is 0 Å². The average molecular weight is 343 g/mol. The molecule has 1 atom stereocenters. The zero-order valence-corrected chi connectivity index (χ0v) is 14.4. The Bertz CT molecular complexity index is 719. The van der Waals surface area contributed by atoms with Crippen molar-refractivity contribution in [1.29, 1.82) is 0 Å². The number of nitrogens with zero attached hydrogens (tertiary/aromatic N) is 1. The maximum atomic E-state index is 12.7. The number of terminal acetylenes is 1. The third-order valence-electron chi connectivity index (χ3n) is 3.97. The maximum absolute atomic E-state index is 12.7. The van der Waals surface area contributed by atoms with Crippen LogP contribution in [0.4, 0.5) is 0 Å². The summed E-state index contributed by atoms with van der Waals surface area (Å²) in [7, 11) is 0. The van der Waals surface area contributed by atoms with E-state index in [-0.39, 0.29) is 38.5 Å². The number of carbonyl (C=O) groups is 3. The Balaban J connectivity index is 2.20. The zero-order chi connectivity index (χ0) is 18.4. The monoisotopic (exact) mass is 343 g/mol. The van der Waals surface area contributed by atoms with Crippen LogP contribution in [-0.4, -0.2) is 42.0 Å². The van der Waals surface area contributed by atoms with Crippen LogP contribution >= 0.6 is 0 Å². The number of hydrogen-bond donors (Lipinski definition) is 0. The predicted molar refractivity (Wildman–Crippen MR) is 90.5 cm³/mol.